The van der Waals surface area contributed by atoms with Crippen LogP contribution in [0.2, 0.25) is 0 Å². The molecular formula is C7H16O6S. The average molecular weight is 228 g/mol. The quantitative estimate of drug-likeness (QED) is 0.416. The summed E-state index contributed by atoms with van der Waals surface area (Å²) in [5.74, 6) is 0. The van der Waals surface area contributed by atoms with Crippen molar-refractivity contribution >= 4 is 10.1 Å². The van der Waals surface area contributed by atoms with Gasteiger partial charge in [0.25, 0.3) is 10.1 Å². The minimum Gasteiger partial charge on any atom is -0.396 e. The standard InChI is InChI=1S/C7H16O6S/c1-2-6(14(11,12)13)7(3-8,4-9)5-10/h6,8-10H,2-5H2,1H3,(H,11,12,13). The Kier molecular flexibility index (Phi) is 4.96. The van der Waals surface area contributed by atoms with Crippen molar-refractivity contribution in [3.8, 4) is 0 Å². The molecule has 6 nitrogen and oxygen atoms in total. The summed E-state index contributed by atoms with van der Waals surface area (Å²) in [4.78, 5) is 0. The Bertz CT molecular complexity index is 247. The second kappa shape index (κ2) is 5.04. The lowest BCUT2D eigenvalue weighted by atomic mass is 9.85. The van der Waals surface area contributed by atoms with Crippen molar-refractivity contribution in [1.29, 1.82) is 0 Å². The van der Waals surface area contributed by atoms with E-state index in [2.05, 4.69) is 0 Å². The monoisotopic (exact) mass is 228 g/mol. The highest BCUT2D eigenvalue weighted by atomic mass is 32.2. The van der Waals surface area contributed by atoms with Gasteiger partial charge in [-0.15, -0.1) is 0 Å². The van der Waals surface area contributed by atoms with Gasteiger partial charge in [0.15, 0.2) is 0 Å². The number of hydrogen-bond donors (Lipinski definition) is 4. The molecule has 14 heavy (non-hydrogen) atoms. The Morgan fingerprint density at radius 3 is 1.57 bits per heavy atom. The molecule has 0 saturated carbocycles. The normalized spacial score (nSPS) is 15.5. The van der Waals surface area contributed by atoms with Crippen molar-refractivity contribution in [3.05, 3.63) is 0 Å². The van der Waals surface area contributed by atoms with E-state index in [1.165, 1.54) is 6.92 Å². The van der Waals surface area contributed by atoms with Crippen LogP contribution >= 0.6 is 0 Å². The van der Waals surface area contributed by atoms with E-state index in [9.17, 15) is 8.42 Å². The van der Waals surface area contributed by atoms with Gasteiger partial charge in [0.1, 0.15) is 0 Å². The van der Waals surface area contributed by atoms with E-state index in [0.717, 1.165) is 0 Å². The third-order valence-corrected chi connectivity index (χ3v) is 3.91. The smallest absolute Gasteiger partial charge is 0.268 e. The van der Waals surface area contributed by atoms with Gasteiger partial charge in [0.2, 0.25) is 0 Å². The van der Waals surface area contributed by atoms with Crippen molar-refractivity contribution in [2.75, 3.05) is 19.8 Å². The van der Waals surface area contributed by atoms with E-state index in [4.69, 9.17) is 19.9 Å². The zero-order chi connectivity index (χ0) is 11.4. The van der Waals surface area contributed by atoms with Gasteiger partial charge in [0.05, 0.1) is 30.5 Å². The molecule has 0 fully saturated rings. The molecule has 0 aromatic rings. The largest absolute Gasteiger partial charge is 0.396 e. The lowest BCUT2D eigenvalue weighted by molar-refractivity contribution is 0.000150. The average Bonchev–Trinajstić information content (AvgIpc) is 2.12. The van der Waals surface area contributed by atoms with E-state index in [1.807, 2.05) is 0 Å². The van der Waals surface area contributed by atoms with Gasteiger partial charge in [-0.2, -0.15) is 8.42 Å². The van der Waals surface area contributed by atoms with Crippen LogP contribution in [0, 0.1) is 5.41 Å². The maximum Gasteiger partial charge on any atom is 0.268 e. The molecule has 7 heteroatoms. The first-order valence-electron chi connectivity index (χ1n) is 4.16. The Hall–Kier alpha value is -0.210. The first-order valence-corrected chi connectivity index (χ1v) is 5.67. The molecule has 0 radical (unpaired) electrons. The van der Waals surface area contributed by atoms with E-state index < -0.39 is 40.6 Å². The van der Waals surface area contributed by atoms with Crippen LogP contribution in [0.25, 0.3) is 0 Å². The lowest BCUT2D eigenvalue weighted by Crippen LogP contribution is -2.48. The summed E-state index contributed by atoms with van der Waals surface area (Å²) in [6.07, 6.45) is 0.000509. The number of hydrogen-bond acceptors (Lipinski definition) is 5. The predicted molar refractivity (Wildman–Crippen MR) is 49.3 cm³/mol. The molecule has 0 aliphatic rings. The van der Waals surface area contributed by atoms with Gasteiger partial charge in [0, 0.05) is 0 Å². The highest BCUT2D eigenvalue weighted by molar-refractivity contribution is 7.86. The number of aliphatic hydroxyl groups is 3. The molecule has 0 saturated heterocycles. The van der Waals surface area contributed by atoms with Gasteiger partial charge < -0.3 is 15.3 Å². The van der Waals surface area contributed by atoms with Crippen LogP contribution < -0.4 is 0 Å². The van der Waals surface area contributed by atoms with Crippen LogP contribution in [-0.4, -0.2) is 53.4 Å². The Morgan fingerprint density at radius 2 is 1.50 bits per heavy atom. The predicted octanol–water partition coefficient (Wildman–Crippen LogP) is -1.38. The van der Waals surface area contributed by atoms with Crippen LogP contribution in [0.3, 0.4) is 0 Å². The Balaban J connectivity index is 5.15. The number of aliphatic hydroxyl groups excluding tert-OH is 3. The van der Waals surface area contributed by atoms with Crippen molar-refractivity contribution < 1.29 is 28.3 Å². The fourth-order valence-corrected chi connectivity index (χ4v) is 2.69. The van der Waals surface area contributed by atoms with Gasteiger partial charge >= 0.3 is 0 Å². The molecular weight excluding hydrogens is 212 g/mol. The molecule has 0 aliphatic carbocycles. The Labute approximate surface area is 82.9 Å². The van der Waals surface area contributed by atoms with Crippen LogP contribution in [-0.2, 0) is 10.1 Å². The fourth-order valence-electron chi connectivity index (χ4n) is 1.42. The van der Waals surface area contributed by atoms with Crippen LogP contribution in [0.5, 0.6) is 0 Å². The van der Waals surface area contributed by atoms with Crippen LogP contribution in [0.4, 0.5) is 0 Å². The second-order valence-corrected chi connectivity index (χ2v) is 4.85. The maximum atomic E-state index is 10.9. The first-order chi connectivity index (χ1) is 6.37. The van der Waals surface area contributed by atoms with Crippen molar-refractivity contribution in [2.24, 2.45) is 5.41 Å². The highest BCUT2D eigenvalue weighted by Gasteiger charge is 2.43. The molecule has 1 atom stereocenters. The lowest BCUT2D eigenvalue weighted by Gasteiger charge is -2.33. The fraction of sp³-hybridized carbons (Fsp3) is 1.00. The minimum absolute atomic E-state index is 0.000509. The topological polar surface area (TPSA) is 115 Å². The van der Waals surface area contributed by atoms with Gasteiger partial charge in [-0.1, -0.05) is 6.92 Å². The summed E-state index contributed by atoms with van der Waals surface area (Å²) in [6.45, 7) is -0.650. The molecule has 1 unspecified atom stereocenters. The van der Waals surface area contributed by atoms with Gasteiger partial charge in [-0.25, -0.2) is 0 Å². The molecule has 0 amide bonds. The molecule has 86 valence electrons. The summed E-state index contributed by atoms with van der Waals surface area (Å²) < 4.78 is 30.7. The maximum absolute atomic E-state index is 10.9. The van der Waals surface area contributed by atoms with Crippen molar-refractivity contribution in [3.63, 3.8) is 0 Å². The molecule has 4 N–H and O–H groups in total. The third kappa shape index (κ3) is 2.64. The first kappa shape index (κ1) is 13.8. The van der Waals surface area contributed by atoms with Crippen molar-refractivity contribution in [2.45, 2.75) is 18.6 Å². The van der Waals surface area contributed by atoms with Crippen LogP contribution in [0.1, 0.15) is 13.3 Å². The highest BCUT2D eigenvalue weighted by Crippen LogP contribution is 2.28. The summed E-state index contributed by atoms with van der Waals surface area (Å²) in [6, 6.07) is 0. The molecule has 0 rings (SSSR count). The zero-order valence-electron chi connectivity index (χ0n) is 7.92. The molecule has 0 spiro atoms. The Morgan fingerprint density at radius 1 is 1.14 bits per heavy atom. The van der Waals surface area contributed by atoms with Gasteiger partial charge in [-0.3, -0.25) is 4.55 Å². The molecule has 0 heterocycles. The molecule has 0 bridgehead atoms. The van der Waals surface area contributed by atoms with E-state index in [-0.39, 0.29) is 6.42 Å². The summed E-state index contributed by atoms with van der Waals surface area (Å²) >= 11 is 0. The summed E-state index contributed by atoms with van der Waals surface area (Å²) in [5, 5.41) is 25.5. The number of rotatable bonds is 6. The summed E-state index contributed by atoms with van der Waals surface area (Å²) in [5.41, 5.74) is -1.59. The van der Waals surface area contributed by atoms with E-state index in [1.54, 1.807) is 0 Å². The molecule has 0 aromatic heterocycles. The second-order valence-electron chi connectivity index (χ2n) is 3.25. The van der Waals surface area contributed by atoms with E-state index in [0.29, 0.717) is 0 Å². The van der Waals surface area contributed by atoms with Crippen LogP contribution in [0.15, 0.2) is 0 Å². The summed E-state index contributed by atoms with van der Waals surface area (Å²) in [7, 11) is -4.39. The van der Waals surface area contributed by atoms with Crippen molar-refractivity contribution in [1.82, 2.24) is 0 Å². The SMILES string of the molecule is CCC(C(CO)(CO)CO)S(=O)(=O)O. The zero-order valence-corrected chi connectivity index (χ0v) is 8.74. The van der Waals surface area contributed by atoms with E-state index >= 15 is 0 Å². The van der Waals surface area contributed by atoms with Gasteiger partial charge in [-0.05, 0) is 6.42 Å². The minimum atomic E-state index is -4.39. The molecule has 0 aliphatic heterocycles. The molecule has 0 aromatic carbocycles. The third-order valence-electron chi connectivity index (χ3n) is 2.36.